The molecule has 3 nitrogen and oxygen atoms in total. The van der Waals surface area contributed by atoms with E-state index in [2.05, 4.69) is 37.9 Å². The fourth-order valence-corrected chi connectivity index (χ4v) is 2.42. The van der Waals surface area contributed by atoms with Gasteiger partial charge in [0, 0.05) is 26.3 Å². The SMILES string of the molecule is CN(Cc1cccc(CN)c1)c1ncccc1Br. The lowest BCUT2D eigenvalue weighted by Gasteiger charge is -2.19. The normalized spacial score (nSPS) is 10.4. The van der Waals surface area contributed by atoms with E-state index in [0.717, 1.165) is 22.4 Å². The van der Waals surface area contributed by atoms with Crippen molar-refractivity contribution in [2.75, 3.05) is 11.9 Å². The minimum atomic E-state index is 0.574. The molecule has 0 fully saturated rings. The summed E-state index contributed by atoms with van der Waals surface area (Å²) in [7, 11) is 2.03. The average Bonchev–Trinajstić information content (AvgIpc) is 2.39. The van der Waals surface area contributed by atoms with E-state index in [1.165, 1.54) is 5.56 Å². The van der Waals surface area contributed by atoms with E-state index in [1.807, 2.05) is 31.3 Å². The van der Waals surface area contributed by atoms with Crippen molar-refractivity contribution in [1.82, 2.24) is 4.98 Å². The van der Waals surface area contributed by atoms with Gasteiger partial charge in [-0.1, -0.05) is 24.3 Å². The predicted octanol–water partition coefficient (Wildman–Crippen LogP) is 2.94. The summed E-state index contributed by atoms with van der Waals surface area (Å²) in [4.78, 5) is 6.48. The summed E-state index contributed by atoms with van der Waals surface area (Å²) >= 11 is 3.51. The summed E-state index contributed by atoms with van der Waals surface area (Å²) in [6, 6.07) is 12.2. The summed E-state index contributed by atoms with van der Waals surface area (Å²) < 4.78 is 1.00. The van der Waals surface area contributed by atoms with Crippen LogP contribution < -0.4 is 10.6 Å². The van der Waals surface area contributed by atoms with E-state index < -0.39 is 0 Å². The van der Waals surface area contributed by atoms with Crippen LogP contribution in [-0.2, 0) is 13.1 Å². The molecular formula is C14H16BrN3. The van der Waals surface area contributed by atoms with Crippen LogP contribution in [0.5, 0.6) is 0 Å². The summed E-state index contributed by atoms with van der Waals surface area (Å²) in [6.07, 6.45) is 1.80. The molecule has 0 amide bonds. The number of aromatic nitrogens is 1. The van der Waals surface area contributed by atoms with E-state index in [-0.39, 0.29) is 0 Å². The molecule has 0 aliphatic heterocycles. The third-order valence-corrected chi connectivity index (χ3v) is 3.37. The standard InChI is InChI=1S/C14H16BrN3/c1-18(14-13(15)6-3-7-17-14)10-12-5-2-4-11(8-12)9-16/h2-8H,9-10,16H2,1H3. The maximum atomic E-state index is 5.65. The second-order valence-electron chi connectivity index (χ2n) is 4.19. The highest BCUT2D eigenvalue weighted by atomic mass is 79.9. The molecule has 0 saturated carbocycles. The fraction of sp³-hybridized carbons (Fsp3) is 0.214. The summed E-state index contributed by atoms with van der Waals surface area (Å²) in [6.45, 7) is 1.38. The lowest BCUT2D eigenvalue weighted by Crippen LogP contribution is -2.18. The van der Waals surface area contributed by atoms with Crippen molar-refractivity contribution < 1.29 is 0 Å². The number of nitrogens with two attached hydrogens (primary N) is 1. The third-order valence-electron chi connectivity index (χ3n) is 2.75. The van der Waals surface area contributed by atoms with Gasteiger partial charge in [-0.15, -0.1) is 0 Å². The van der Waals surface area contributed by atoms with Gasteiger partial charge in [0.15, 0.2) is 0 Å². The molecule has 0 bridgehead atoms. The Kier molecular flexibility index (Phi) is 4.33. The molecule has 0 aliphatic carbocycles. The Hall–Kier alpha value is -1.39. The molecule has 0 atom stereocenters. The zero-order valence-corrected chi connectivity index (χ0v) is 11.9. The maximum Gasteiger partial charge on any atom is 0.142 e. The first-order valence-electron chi connectivity index (χ1n) is 5.80. The molecule has 0 radical (unpaired) electrons. The molecule has 94 valence electrons. The van der Waals surface area contributed by atoms with E-state index in [9.17, 15) is 0 Å². The van der Waals surface area contributed by atoms with Crippen molar-refractivity contribution in [3.8, 4) is 0 Å². The van der Waals surface area contributed by atoms with Crippen LogP contribution in [0.2, 0.25) is 0 Å². The van der Waals surface area contributed by atoms with Gasteiger partial charge in [0.2, 0.25) is 0 Å². The van der Waals surface area contributed by atoms with E-state index >= 15 is 0 Å². The van der Waals surface area contributed by atoms with Crippen molar-refractivity contribution in [3.63, 3.8) is 0 Å². The van der Waals surface area contributed by atoms with Crippen LogP contribution in [0.3, 0.4) is 0 Å². The first kappa shape index (κ1) is 13.1. The van der Waals surface area contributed by atoms with Crippen LogP contribution in [0.4, 0.5) is 5.82 Å². The van der Waals surface area contributed by atoms with Gasteiger partial charge in [-0.3, -0.25) is 0 Å². The van der Waals surface area contributed by atoms with Gasteiger partial charge in [-0.2, -0.15) is 0 Å². The van der Waals surface area contributed by atoms with Crippen LogP contribution in [0.1, 0.15) is 11.1 Å². The Balaban J connectivity index is 2.16. The molecular weight excluding hydrogens is 290 g/mol. The second-order valence-corrected chi connectivity index (χ2v) is 5.04. The van der Waals surface area contributed by atoms with Crippen LogP contribution in [0, 0.1) is 0 Å². The number of hydrogen-bond donors (Lipinski definition) is 1. The van der Waals surface area contributed by atoms with E-state index in [0.29, 0.717) is 6.54 Å². The van der Waals surface area contributed by atoms with Gasteiger partial charge in [0.25, 0.3) is 0 Å². The van der Waals surface area contributed by atoms with Gasteiger partial charge < -0.3 is 10.6 Å². The Bertz CT molecular complexity index is 528. The number of rotatable bonds is 4. The van der Waals surface area contributed by atoms with Gasteiger partial charge in [-0.25, -0.2) is 4.98 Å². The van der Waals surface area contributed by atoms with Gasteiger partial charge >= 0.3 is 0 Å². The van der Waals surface area contributed by atoms with Crippen molar-refractivity contribution in [2.24, 2.45) is 5.73 Å². The van der Waals surface area contributed by atoms with Crippen LogP contribution in [0.15, 0.2) is 47.1 Å². The number of pyridine rings is 1. The quantitative estimate of drug-likeness (QED) is 0.944. The minimum Gasteiger partial charge on any atom is -0.354 e. The molecule has 18 heavy (non-hydrogen) atoms. The van der Waals surface area contributed by atoms with Gasteiger partial charge in [-0.05, 0) is 39.2 Å². The van der Waals surface area contributed by atoms with Crippen molar-refractivity contribution in [3.05, 3.63) is 58.2 Å². The monoisotopic (exact) mass is 305 g/mol. The highest BCUT2D eigenvalue weighted by Crippen LogP contribution is 2.23. The van der Waals surface area contributed by atoms with Gasteiger partial charge in [0.1, 0.15) is 5.82 Å². The highest BCUT2D eigenvalue weighted by Gasteiger charge is 2.07. The maximum absolute atomic E-state index is 5.65. The minimum absolute atomic E-state index is 0.574. The van der Waals surface area contributed by atoms with E-state index in [1.54, 1.807) is 6.20 Å². The smallest absolute Gasteiger partial charge is 0.142 e. The molecule has 0 aliphatic rings. The number of halogens is 1. The molecule has 1 aromatic carbocycles. The number of nitrogens with zero attached hydrogens (tertiary/aromatic N) is 2. The molecule has 0 spiro atoms. The molecule has 0 unspecified atom stereocenters. The first-order valence-corrected chi connectivity index (χ1v) is 6.59. The van der Waals surface area contributed by atoms with Crippen molar-refractivity contribution >= 4 is 21.7 Å². The first-order chi connectivity index (χ1) is 8.70. The Labute approximate surface area is 116 Å². The molecule has 2 N–H and O–H groups in total. The lowest BCUT2D eigenvalue weighted by molar-refractivity contribution is 0.890. The predicted molar refractivity (Wildman–Crippen MR) is 78.4 cm³/mol. The zero-order chi connectivity index (χ0) is 13.0. The molecule has 4 heteroatoms. The molecule has 1 aromatic heterocycles. The Morgan fingerprint density at radius 3 is 2.72 bits per heavy atom. The van der Waals surface area contributed by atoms with Crippen LogP contribution in [0.25, 0.3) is 0 Å². The fourth-order valence-electron chi connectivity index (χ4n) is 1.86. The Morgan fingerprint density at radius 1 is 1.22 bits per heavy atom. The third kappa shape index (κ3) is 3.09. The summed E-state index contributed by atoms with van der Waals surface area (Å²) in [5, 5.41) is 0. The van der Waals surface area contributed by atoms with Crippen molar-refractivity contribution in [2.45, 2.75) is 13.1 Å². The number of benzene rings is 1. The van der Waals surface area contributed by atoms with Crippen molar-refractivity contribution in [1.29, 1.82) is 0 Å². The molecule has 2 aromatic rings. The Morgan fingerprint density at radius 2 is 2.00 bits per heavy atom. The van der Waals surface area contributed by atoms with Crippen LogP contribution in [-0.4, -0.2) is 12.0 Å². The number of hydrogen-bond acceptors (Lipinski definition) is 3. The topological polar surface area (TPSA) is 42.1 Å². The summed E-state index contributed by atoms with van der Waals surface area (Å²) in [5.74, 6) is 0.940. The summed E-state index contributed by atoms with van der Waals surface area (Å²) in [5.41, 5.74) is 8.04. The average molecular weight is 306 g/mol. The lowest BCUT2D eigenvalue weighted by atomic mass is 10.1. The highest BCUT2D eigenvalue weighted by molar-refractivity contribution is 9.10. The second kappa shape index (κ2) is 5.98. The largest absolute Gasteiger partial charge is 0.354 e. The zero-order valence-electron chi connectivity index (χ0n) is 10.3. The number of anilines is 1. The molecule has 2 rings (SSSR count). The van der Waals surface area contributed by atoms with Crippen LogP contribution >= 0.6 is 15.9 Å². The molecule has 1 heterocycles. The van der Waals surface area contributed by atoms with E-state index in [4.69, 9.17) is 5.73 Å². The van der Waals surface area contributed by atoms with Gasteiger partial charge in [0.05, 0.1) is 4.47 Å². The molecule has 0 saturated heterocycles.